The van der Waals surface area contributed by atoms with Crippen LogP contribution in [0.3, 0.4) is 0 Å². The van der Waals surface area contributed by atoms with Crippen LogP contribution in [0.15, 0.2) is 54.6 Å². The zero-order valence-corrected chi connectivity index (χ0v) is 14.8. The average Bonchev–Trinajstić information content (AvgIpc) is 2.69. The second-order valence-corrected chi connectivity index (χ2v) is 6.52. The maximum absolute atomic E-state index is 12.9. The van der Waals surface area contributed by atoms with Crippen molar-refractivity contribution in [1.29, 1.82) is 0 Å². The topological polar surface area (TPSA) is 38.8 Å². The van der Waals surface area contributed by atoms with E-state index in [0.29, 0.717) is 18.3 Å². The highest BCUT2D eigenvalue weighted by atomic mass is 19.1. The molecule has 3 rings (SSSR count). The number of nitrogens with zero attached hydrogens (tertiary/aromatic N) is 1. The van der Waals surface area contributed by atoms with E-state index in [2.05, 4.69) is 0 Å². The number of carbonyl (C=O) groups is 1. The summed E-state index contributed by atoms with van der Waals surface area (Å²) in [6.45, 7) is 2.20. The number of likely N-dealkylation sites (tertiary alicyclic amines) is 1. The summed E-state index contributed by atoms with van der Waals surface area (Å²) in [5.41, 5.74) is 0. The van der Waals surface area contributed by atoms with Crippen molar-refractivity contribution in [1.82, 2.24) is 4.90 Å². The van der Waals surface area contributed by atoms with Crippen LogP contribution in [0.25, 0.3) is 0 Å². The maximum Gasteiger partial charge on any atom is 0.260 e. The first-order chi connectivity index (χ1) is 12.7. The number of benzene rings is 2. The van der Waals surface area contributed by atoms with Gasteiger partial charge in [0.2, 0.25) is 0 Å². The van der Waals surface area contributed by atoms with Crippen LogP contribution in [0.2, 0.25) is 0 Å². The highest BCUT2D eigenvalue weighted by molar-refractivity contribution is 5.77. The first-order valence-electron chi connectivity index (χ1n) is 9.05. The normalized spacial score (nSPS) is 14.9. The fourth-order valence-corrected chi connectivity index (χ4v) is 3.10. The van der Waals surface area contributed by atoms with Gasteiger partial charge in [-0.2, -0.15) is 0 Å². The van der Waals surface area contributed by atoms with Gasteiger partial charge in [0.05, 0.1) is 6.61 Å². The maximum atomic E-state index is 12.9. The summed E-state index contributed by atoms with van der Waals surface area (Å²) in [6, 6.07) is 15.5. The lowest BCUT2D eigenvalue weighted by molar-refractivity contribution is -0.134. The second-order valence-electron chi connectivity index (χ2n) is 6.52. The lowest BCUT2D eigenvalue weighted by Crippen LogP contribution is -2.41. The van der Waals surface area contributed by atoms with E-state index >= 15 is 0 Å². The summed E-state index contributed by atoms with van der Waals surface area (Å²) in [5, 5.41) is 0. The molecule has 0 radical (unpaired) electrons. The van der Waals surface area contributed by atoms with Crippen LogP contribution in [0, 0.1) is 11.7 Å². The van der Waals surface area contributed by atoms with E-state index in [4.69, 9.17) is 9.47 Å². The van der Waals surface area contributed by atoms with E-state index in [9.17, 15) is 9.18 Å². The molecule has 1 aliphatic heterocycles. The van der Waals surface area contributed by atoms with Gasteiger partial charge in [0.15, 0.2) is 6.61 Å². The van der Waals surface area contributed by atoms with Crippen molar-refractivity contribution < 1.29 is 18.7 Å². The van der Waals surface area contributed by atoms with Gasteiger partial charge >= 0.3 is 0 Å². The summed E-state index contributed by atoms with van der Waals surface area (Å²) in [6.07, 6.45) is 2.98. The molecule has 1 saturated heterocycles. The zero-order chi connectivity index (χ0) is 18.2. The fraction of sp³-hybridized carbons (Fsp3) is 0.381. The Labute approximate surface area is 153 Å². The van der Waals surface area contributed by atoms with Crippen molar-refractivity contribution in [2.75, 3.05) is 26.3 Å². The Hall–Kier alpha value is -2.56. The molecule has 1 amide bonds. The minimum atomic E-state index is -0.318. The first kappa shape index (κ1) is 18.2. The minimum Gasteiger partial charge on any atom is -0.494 e. The van der Waals surface area contributed by atoms with Crippen LogP contribution >= 0.6 is 0 Å². The molecule has 1 fully saturated rings. The quantitative estimate of drug-likeness (QED) is 0.754. The molecule has 138 valence electrons. The van der Waals surface area contributed by atoms with Crippen LogP contribution in [0.5, 0.6) is 11.5 Å². The molecule has 0 spiro atoms. The highest BCUT2D eigenvalue weighted by Gasteiger charge is 2.23. The van der Waals surface area contributed by atoms with Crippen LogP contribution in [-0.4, -0.2) is 37.1 Å². The van der Waals surface area contributed by atoms with Gasteiger partial charge in [-0.05, 0) is 61.6 Å². The number of ether oxygens (including phenoxy) is 2. The van der Waals surface area contributed by atoms with E-state index in [1.54, 1.807) is 0 Å². The summed E-state index contributed by atoms with van der Waals surface area (Å²) < 4.78 is 24.0. The molecule has 1 aliphatic rings. The number of hydrogen-bond donors (Lipinski definition) is 0. The monoisotopic (exact) mass is 357 g/mol. The number of piperidine rings is 1. The third kappa shape index (κ3) is 5.48. The zero-order valence-electron chi connectivity index (χ0n) is 14.8. The molecule has 4 nitrogen and oxygen atoms in total. The van der Waals surface area contributed by atoms with Gasteiger partial charge in [-0.3, -0.25) is 4.79 Å². The van der Waals surface area contributed by atoms with Gasteiger partial charge < -0.3 is 14.4 Å². The molecular formula is C21H24FNO3. The summed E-state index contributed by atoms with van der Waals surface area (Å²) >= 11 is 0. The largest absolute Gasteiger partial charge is 0.494 e. The predicted molar refractivity (Wildman–Crippen MR) is 97.8 cm³/mol. The molecule has 2 aromatic carbocycles. The number of carbonyl (C=O) groups excluding carboxylic acids is 1. The number of para-hydroxylation sites is 1. The van der Waals surface area contributed by atoms with Crippen LogP contribution in [0.1, 0.15) is 19.3 Å². The molecule has 26 heavy (non-hydrogen) atoms. The number of hydrogen-bond acceptors (Lipinski definition) is 3. The van der Waals surface area contributed by atoms with E-state index < -0.39 is 0 Å². The van der Waals surface area contributed by atoms with Gasteiger partial charge in [0.25, 0.3) is 5.91 Å². The van der Waals surface area contributed by atoms with Crippen molar-refractivity contribution >= 4 is 5.91 Å². The van der Waals surface area contributed by atoms with Crippen molar-refractivity contribution in [2.45, 2.75) is 19.3 Å². The Morgan fingerprint density at radius 2 is 1.62 bits per heavy atom. The molecule has 0 N–H and O–H groups in total. The first-order valence-corrected chi connectivity index (χ1v) is 9.05. The standard InChI is InChI=1S/C21H24FNO3/c22-18-6-8-20(9-7-18)26-16-21(24)23-13-10-17(11-14-23)12-15-25-19-4-2-1-3-5-19/h1-9,17H,10-16H2. The molecule has 0 atom stereocenters. The van der Waals surface area contributed by atoms with E-state index in [1.807, 2.05) is 35.2 Å². The predicted octanol–water partition coefficient (Wildman–Crippen LogP) is 3.91. The average molecular weight is 357 g/mol. The molecule has 0 unspecified atom stereocenters. The Morgan fingerprint density at radius 1 is 0.962 bits per heavy atom. The van der Waals surface area contributed by atoms with Crippen molar-refractivity contribution in [3.63, 3.8) is 0 Å². The van der Waals surface area contributed by atoms with Crippen molar-refractivity contribution in [2.24, 2.45) is 5.92 Å². The summed E-state index contributed by atoms with van der Waals surface area (Å²) in [4.78, 5) is 14.1. The molecule has 0 aliphatic carbocycles. The Morgan fingerprint density at radius 3 is 2.31 bits per heavy atom. The molecule has 0 aromatic heterocycles. The fourth-order valence-electron chi connectivity index (χ4n) is 3.10. The van der Waals surface area contributed by atoms with Gasteiger partial charge in [0, 0.05) is 13.1 Å². The molecule has 0 saturated carbocycles. The molecule has 2 aromatic rings. The molecular weight excluding hydrogens is 333 g/mol. The summed E-state index contributed by atoms with van der Waals surface area (Å²) in [5.74, 6) is 1.65. The SMILES string of the molecule is O=C(COc1ccc(F)cc1)N1CCC(CCOc2ccccc2)CC1. The number of halogens is 1. The van der Waals surface area contributed by atoms with Crippen molar-refractivity contribution in [3.05, 3.63) is 60.4 Å². The van der Waals surface area contributed by atoms with Gasteiger partial charge in [0.1, 0.15) is 17.3 Å². The Balaban J connectivity index is 1.33. The van der Waals surface area contributed by atoms with Crippen LogP contribution in [-0.2, 0) is 4.79 Å². The van der Waals surface area contributed by atoms with Crippen molar-refractivity contribution in [3.8, 4) is 11.5 Å². The van der Waals surface area contributed by atoms with Crippen LogP contribution < -0.4 is 9.47 Å². The lowest BCUT2D eigenvalue weighted by atomic mass is 9.94. The van der Waals surface area contributed by atoms with Gasteiger partial charge in [-0.1, -0.05) is 18.2 Å². The molecule has 1 heterocycles. The lowest BCUT2D eigenvalue weighted by Gasteiger charge is -2.32. The Kier molecular flexibility index (Phi) is 6.47. The third-order valence-electron chi connectivity index (χ3n) is 4.68. The van der Waals surface area contributed by atoms with E-state index in [-0.39, 0.29) is 18.3 Å². The molecule has 5 heteroatoms. The highest BCUT2D eigenvalue weighted by Crippen LogP contribution is 2.21. The van der Waals surface area contributed by atoms with E-state index in [0.717, 1.165) is 38.1 Å². The third-order valence-corrected chi connectivity index (χ3v) is 4.68. The second kappa shape index (κ2) is 9.22. The van der Waals surface area contributed by atoms with Gasteiger partial charge in [-0.25, -0.2) is 4.39 Å². The number of amides is 1. The molecule has 0 bridgehead atoms. The smallest absolute Gasteiger partial charge is 0.260 e. The van der Waals surface area contributed by atoms with Gasteiger partial charge in [-0.15, -0.1) is 0 Å². The Bertz CT molecular complexity index is 682. The van der Waals surface area contributed by atoms with Crippen LogP contribution in [0.4, 0.5) is 4.39 Å². The van der Waals surface area contributed by atoms with E-state index in [1.165, 1.54) is 24.3 Å². The number of rotatable bonds is 7. The minimum absolute atomic E-state index is 0.00653. The summed E-state index contributed by atoms with van der Waals surface area (Å²) in [7, 11) is 0.